The molecular weight excluding hydrogens is 296 g/mol. The zero-order chi connectivity index (χ0) is 15.8. The summed E-state index contributed by atoms with van der Waals surface area (Å²) in [5.41, 5.74) is 2.57. The Morgan fingerprint density at radius 3 is 3.04 bits per heavy atom. The molecule has 1 aliphatic rings. The summed E-state index contributed by atoms with van der Waals surface area (Å²) in [5.74, 6) is 0.392. The van der Waals surface area contributed by atoms with Crippen molar-refractivity contribution in [3.63, 3.8) is 0 Å². The number of aromatic nitrogens is 3. The lowest BCUT2D eigenvalue weighted by Gasteiger charge is -2.04. The first-order valence-electron chi connectivity index (χ1n) is 7.58. The van der Waals surface area contributed by atoms with E-state index in [1.807, 2.05) is 6.07 Å². The van der Waals surface area contributed by atoms with E-state index in [-0.39, 0.29) is 11.6 Å². The fourth-order valence-electron chi connectivity index (χ4n) is 2.64. The molecule has 0 aliphatic heterocycles. The van der Waals surface area contributed by atoms with Crippen LogP contribution >= 0.6 is 0 Å². The third-order valence-corrected chi connectivity index (χ3v) is 4.09. The minimum absolute atomic E-state index is 0.118. The third kappa shape index (κ3) is 2.77. The van der Waals surface area contributed by atoms with Crippen molar-refractivity contribution in [2.75, 3.05) is 0 Å². The number of imidazole rings is 1. The number of benzene rings is 1. The number of carbonyl (C=O) groups is 1. The Balaban J connectivity index is 1.56. The van der Waals surface area contributed by atoms with Crippen LogP contribution in [0.25, 0.3) is 11.0 Å². The minimum atomic E-state index is -0.217. The van der Waals surface area contributed by atoms with Crippen LogP contribution < -0.4 is 11.0 Å². The second kappa shape index (κ2) is 5.42. The number of amides is 1. The zero-order valence-corrected chi connectivity index (χ0v) is 12.4. The maximum Gasteiger partial charge on any atom is 0.326 e. The maximum absolute atomic E-state index is 12.2. The lowest BCUT2D eigenvalue weighted by molar-refractivity contribution is 0.0950. The molecule has 1 amide bonds. The van der Waals surface area contributed by atoms with Crippen LogP contribution in [0.4, 0.5) is 0 Å². The third-order valence-electron chi connectivity index (χ3n) is 4.09. The number of carbonyl (C=O) groups excluding carboxylic acids is 1. The van der Waals surface area contributed by atoms with E-state index in [4.69, 9.17) is 4.42 Å². The molecule has 23 heavy (non-hydrogen) atoms. The molecule has 0 radical (unpaired) electrons. The van der Waals surface area contributed by atoms with Gasteiger partial charge in [-0.3, -0.25) is 9.36 Å². The Kier molecular flexibility index (Phi) is 3.25. The van der Waals surface area contributed by atoms with Gasteiger partial charge in [0.05, 0.1) is 23.3 Å². The van der Waals surface area contributed by atoms with E-state index in [0.717, 1.165) is 12.1 Å². The van der Waals surface area contributed by atoms with E-state index >= 15 is 0 Å². The van der Waals surface area contributed by atoms with Gasteiger partial charge in [-0.15, -0.1) is 0 Å². The number of hydrogen-bond acceptors (Lipinski definition) is 4. The first kappa shape index (κ1) is 13.8. The normalized spacial score (nSPS) is 14.3. The predicted molar refractivity (Wildman–Crippen MR) is 83.0 cm³/mol. The summed E-state index contributed by atoms with van der Waals surface area (Å²) in [6.07, 6.45) is 5.17. The van der Waals surface area contributed by atoms with E-state index in [1.54, 1.807) is 16.7 Å². The Hall–Kier alpha value is -2.83. The molecule has 0 atom stereocenters. The summed E-state index contributed by atoms with van der Waals surface area (Å²) < 4.78 is 6.61. The highest BCUT2D eigenvalue weighted by Crippen LogP contribution is 2.31. The van der Waals surface area contributed by atoms with E-state index in [0.29, 0.717) is 29.2 Å². The van der Waals surface area contributed by atoms with Gasteiger partial charge in [0.25, 0.3) is 5.91 Å². The van der Waals surface area contributed by atoms with Gasteiger partial charge in [0.15, 0.2) is 6.39 Å². The number of hydrogen-bond donors (Lipinski definition) is 2. The average Bonchev–Trinajstić information content (AvgIpc) is 3.11. The Morgan fingerprint density at radius 2 is 2.30 bits per heavy atom. The first-order valence-corrected chi connectivity index (χ1v) is 7.58. The van der Waals surface area contributed by atoms with Gasteiger partial charge in [0.1, 0.15) is 6.26 Å². The van der Waals surface area contributed by atoms with Crippen molar-refractivity contribution in [2.24, 2.45) is 5.92 Å². The Labute approximate surface area is 131 Å². The summed E-state index contributed by atoms with van der Waals surface area (Å²) in [4.78, 5) is 31.0. The SMILES string of the molecule is O=C(NCc1cocn1)c1ccc2c(c1)[nH]c(=O)n2CC1CC1. The fraction of sp³-hybridized carbons (Fsp3) is 0.312. The van der Waals surface area contributed by atoms with Crippen LogP contribution in [0.2, 0.25) is 0 Å². The molecule has 0 unspecified atom stereocenters. The van der Waals surface area contributed by atoms with E-state index < -0.39 is 0 Å². The van der Waals surface area contributed by atoms with E-state index in [9.17, 15) is 9.59 Å². The molecule has 2 aromatic heterocycles. The van der Waals surface area contributed by atoms with Crippen LogP contribution in [0.5, 0.6) is 0 Å². The number of nitrogens with zero attached hydrogens (tertiary/aromatic N) is 2. The number of aromatic amines is 1. The van der Waals surface area contributed by atoms with Gasteiger partial charge in [0, 0.05) is 12.1 Å². The van der Waals surface area contributed by atoms with E-state index in [1.165, 1.54) is 25.5 Å². The van der Waals surface area contributed by atoms with Gasteiger partial charge in [-0.1, -0.05) is 0 Å². The number of nitrogens with one attached hydrogen (secondary N) is 2. The summed E-state index contributed by atoms with van der Waals surface area (Å²) in [7, 11) is 0. The van der Waals surface area contributed by atoms with Crippen molar-refractivity contribution in [2.45, 2.75) is 25.9 Å². The standard InChI is InChI=1S/C16H16N4O3/c21-15(17-6-12-8-23-9-18-12)11-3-4-14-13(5-11)19-16(22)20(14)7-10-1-2-10/h3-5,8-10H,1-2,6-7H2,(H,17,21)(H,19,22). The molecule has 0 saturated heterocycles. The number of H-pyrrole nitrogens is 1. The van der Waals surface area contributed by atoms with Crippen LogP contribution in [0, 0.1) is 5.92 Å². The zero-order valence-electron chi connectivity index (χ0n) is 12.4. The van der Waals surface area contributed by atoms with Crippen LogP contribution in [0.3, 0.4) is 0 Å². The number of fused-ring (bicyclic) bond motifs is 1. The van der Waals surface area contributed by atoms with Gasteiger partial charge in [-0.2, -0.15) is 0 Å². The van der Waals surface area contributed by atoms with Crippen molar-refractivity contribution < 1.29 is 9.21 Å². The molecule has 4 rings (SSSR count). The van der Waals surface area contributed by atoms with Gasteiger partial charge >= 0.3 is 5.69 Å². The number of oxazole rings is 1. The molecule has 3 aromatic rings. The molecule has 2 heterocycles. The molecule has 7 heteroatoms. The molecule has 0 spiro atoms. The van der Waals surface area contributed by atoms with Crippen molar-refractivity contribution in [1.29, 1.82) is 0 Å². The average molecular weight is 312 g/mol. The Bertz CT molecular complexity index is 903. The first-order chi connectivity index (χ1) is 11.2. The second-order valence-electron chi connectivity index (χ2n) is 5.88. The quantitative estimate of drug-likeness (QED) is 0.749. The van der Waals surface area contributed by atoms with Gasteiger partial charge in [-0.25, -0.2) is 9.78 Å². The Morgan fingerprint density at radius 1 is 1.43 bits per heavy atom. The summed E-state index contributed by atoms with van der Waals surface area (Å²) in [6, 6.07) is 5.26. The highest BCUT2D eigenvalue weighted by molar-refractivity contribution is 5.97. The highest BCUT2D eigenvalue weighted by atomic mass is 16.3. The molecule has 1 aromatic carbocycles. The molecule has 7 nitrogen and oxygen atoms in total. The van der Waals surface area contributed by atoms with Crippen LogP contribution in [-0.4, -0.2) is 20.4 Å². The van der Waals surface area contributed by atoms with Crippen molar-refractivity contribution in [3.05, 3.63) is 52.6 Å². The van der Waals surface area contributed by atoms with Gasteiger partial charge in [0.2, 0.25) is 0 Å². The lowest BCUT2D eigenvalue weighted by atomic mass is 10.2. The molecule has 1 aliphatic carbocycles. The fourth-order valence-corrected chi connectivity index (χ4v) is 2.64. The van der Waals surface area contributed by atoms with Crippen LogP contribution in [-0.2, 0) is 13.1 Å². The molecule has 118 valence electrons. The number of rotatable bonds is 5. The summed E-state index contributed by atoms with van der Waals surface area (Å²) in [6.45, 7) is 1.04. The van der Waals surface area contributed by atoms with Gasteiger partial charge in [-0.05, 0) is 37.0 Å². The van der Waals surface area contributed by atoms with Crippen LogP contribution in [0.1, 0.15) is 28.9 Å². The molecule has 1 saturated carbocycles. The van der Waals surface area contributed by atoms with Crippen molar-refractivity contribution >= 4 is 16.9 Å². The largest absolute Gasteiger partial charge is 0.451 e. The topological polar surface area (TPSA) is 92.9 Å². The minimum Gasteiger partial charge on any atom is -0.451 e. The molecule has 2 N–H and O–H groups in total. The monoisotopic (exact) mass is 312 g/mol. The maximum atomic E-state index is 12.2. The highest BCUT2D eigenvalue weighted by Gasteiger charge is 2.23. The second-order valence-corrected chi connectivity index (χ2v) is 5.88. The summed E-state index contributed by atoms with van der Waals surface area (Å²) >= 11 is 0. The van der Waals surface area contributed by atoms with E-state index in [2.05, 4.69) is 15.3 Å². The molecular formula is C16H16N4O3. The van der Waals surface area contributed by atoms with Crippen molar-refractivity contribution in [1.82, 2.24) is 19.9 Å². The lowest BCUT2D eigenvalue weighted by Crippen LogP contribution is -2.22. The predicted octanol–water partition coefficient (Wildman–Crippen LogP) is 1.66. The van der Waals surface area contributed by atoms with Crippen LogP contribution in [0.15, 0.2) is 40.1 Å². The molecule has 1 fully saturated rings. The van der Waals surface area contributed by atoms with Gasteiger partial charge < -0.3 is 14.7 Å². The smallest absolute Gasteiger partial charge is 0.326 e. The molecule has 0 bridgehead atoms. The summed E-state index contributed by atoms with van der Waals surface area (Å²) in [5, 5.41) is 2.77. The van der Waals surface area contributed by atoms with Crippen molar-refractivity contribution in [3.8, 4) is 0 Å².